The summed E-state index contributed by atoms with van der Waals surface area (Å²) < 4.78 is 10.9. The second-order valence-electron chi connectivity index (χ2n) is 5.61. The highest BCUT2D eigenvalue weighted by atomic mass is 16.5. The molecule has 1 aromatic carbocycles. The number of benzene rings is 1. The number of para-hydroxylation sites is 1. The van der Waals surface area contributed by atoms with Gasteiger partial charge in [0.05, 0.1) is 20.3 Å². The molecule has 0 aromatic heterocycles. The first kappa shape index (κ1) is 16.8. The molecule has 0 aliphatic heterocycles. The van der Waals surface area contributed by atoms with Gasteiger partial charge in [-0.2, -0.15) is 0 Å². The van der Waals surface area contributed by atoms with Gasteiger partial charge >= 0.3 is 0 Å². The van der Waals surface area contributed by atoms with Crippen molar-refractivity contribution in [2.24, 2.45) is 5.73 Å². The minimum atomic E-state index is 0.0676. The van der Waals surface area contributed by atoms with E-state index in [0.717, 1.165) is 23.5 Å². The summed E-state index contributed by atoms with van der Waals surface area (Å²) >= 11 is 0. The summed E-state index contributed by atoms with van der Waals surface area (Å²) in [5.74, 6) is 1.51. The Kier molecular flexibility index (Phi) is 5.84. The molecule has 0 amide bonds. The van der Waals surface area contributed by atoms with Gasteiger partial charge in [-0.25, -0.2) is 0 Å². The number of rotatable bonds is 7. The molecular weight excluding hydrogens is 252 g/mol. The van der Waals surface area contributed by atoms with Gasteiger partial charge in [-0.05, 0) is 33.4 Å². The van der Waals surface area contributed by atoms with E-state index in [4.69, 9.17) is 15.2 Å². The highest BCUT2D eigenvalue weighted by Crippen LogP contribution is 2.38. The zero-order chi connectivity index (χ0) is 15.3. The summed E-state index contributed by atoms with van der Waals surface area (Å²) in [6.07, 6.45) is 1.05. The van der Waals surface area contributed by atoms with Crippen LogP contribution in [0.3, 0.4) is 0 Å². The molecule has 0 spiro atoms. The number of hydrogen-bond acceptors (Lipinski definition) is 4. The van der Waals surface area contributed by atoms with Gasteiger partial charge in [0.1, 0.15) is 0 Å². The fourth-order valence-corrected chi connectivity index (χ4v) is 2.34. The molecule has 1 atom stereocenters. The van der Waals surface area contributed by atoms with Gasteiger partial charge in [0.2, 0.25) is 0 Å². The van der Waals surface area contributed by atoms with Crippen molar-refractivity contribution < 1.29 is 9.47 Å². The lowest BCUT2D eigenvalue weighted by Gasteiger charge is -2.41. The molecule has 4 nitrogen and oxygen atoms in total. The Bertz CT molecular complexity index is 432. The molecule has 4 heteroatoms. The van der Waals surface area contributed by atoms with E-state index < -0.39 is 0 Å². The zero-order valence-electron chi connectivity index (χ0n) is 13.6. The van der Waals surface area contributed by atoms with Gasteiger partial charge in [0.15, 0.2) is 11.5 Å². The first-order chi connectivity index (χ1) is 9.42. The molecule has 0 aliphatic carbocycles. The van der Waals surface area contributed by atoms with Crippen molar-refractivity contribution in [3.05, 3.63) is 23.8 Å². The summed E-state index contributed by atoms with van der Waals surface area (Å²) in [6, 6.07) is 6.03. The summed E-state index contributed by atoms with van der Waals surface area (Å²) in [7, 11) is 5.43. The Morgan fingerprint density at radius 3 is 2.35 bits per heavy atom. The maximum atomic E-state index is 6.03. The second-order valence-corrected chi connectivity index (χ2v) is 5.61. The highest BCUT2D eigenvalue weighted by molar-refractivity contribution is 5.48. The molecule has 1 unspecified atom stereocenters. The lowest BCUT2D eigenvalue weighted by molar-refractivity contribution is 0.0987. The standard InChI is InChI=1S/C16H28N2O2/c1-7-16(2,3)18(4)13(11-17)12-9-8-10-14(19-5)15(12)20-6/h8-10,13H,7,11,17H2,1-6H3. The average Bonchev–Trinajstić information content (AvgIpc) is 2.47. The van der Waals surface area contributed by atoms with Crippen LogP contribution in [0.4, 0.5) is 0 Å². The van der Waals surface area contributed by atoms with E-state index in [2.05, 4.69) is 38.8 Å². The topological polar surface area (TPSA) is 47.7 Å². The van der Waals surface area contributed by atoms with Gasteiger partial charge < -0.3 is 15.2 Å². The quantitative estimate of drug-likeness (QED) is 0.834. The van der Waals surface area contributed by atoms with E-state index in [1.165, 1.54) is 0 Å². The molecule has 1 aromatic rings. The molecule has 0 saturated heterocycles. The van der Waals surface area contributed by atoms with Crippen LogP contribution in [-0.2, 0) is 0 Å². The van der Waals surface area contributed by atoms with Crippen LogP contribution in [-0.4, -0.2) is 38.3 Å². The Morgan fingerprint density at radius 1 is 1.25 bits per heavy atom. The number of nitrogens with zero attached hydrogens (tertiary/aromatic N) is 1. The molecule has 0 aliphatic rings. The van der Waals surface area contributed by atoms with Crippen molar-refractivity contribution in [3.8, 4) is 11.5 Å². The summed E-state index contributed by atoms with van der Waals surface area (Å²) in [4.78, 5) is 2.31. The first-order valence-corrected chi connectivity index (χ1v) is 7.06. The highest BCUT2D eigenvalue weighted by Gasteiger charge is 2.30. The molecule has 0 radical (unpaired) electrons. The van der Waals surface area contributed by atoms with Gasteiger partial charge in [0, 0.05) is 17.6 Å². The molecule has 20 heavy (non-hydrogen) atoms. The molecule has 0 saturated carbocycles. The molecule has 0 fully saturated rings. The van der Waals surface area contributed by atoms with Crippen molar-refractivity contribution >= 4 is 0 Å². The third kappa shape index (κ3) is 3.25. The normalized spacial score (nSPS) is 13.4. The van der Waals surface area contributed by atoms with Crippen LogP contribution < -0.4 is 15.2 Å². The van der Waals surface area contributed by atoms with Crippen LogP contribution in [0.2, 0.25) is 0 Å². The van der Waals surface area contributed by atoms with Crippen LogP contribution in [0.25, 0.3) is 0 Å². The number of hydrogen-bond donors (Lipinski definition) is 1. The molecule has 0 heterocycles. The van der Waals surface area contributed by atoms with Crippen molar-refractivity contribution in [3.63, 3.8) is 0 Å². The predicted molar refractivity (Wildman–Crippen MR) is 83.5 cm³/mol. The van der Waals surface area contributed by atoms with Crippen LogP contribution in [0.5, 0.6) is 11.5 Å². The van der Waals surface area contributed by atoms with Gasteiger partial charge in [0.25, 0.3) is 0 Å². The largest absolute Gasteiger partial charge is 0.493 e. The maximum Gasteiger partial charge on any atom is 0.165 e. The Morgan fingerprint density at radius 2 is 1.90 bits per heavy atom. The van der Waals surface area contributed by atoms with E-state index in [9.17, 15) is 0 Å². The number of methoxy groups -OCH3 is 2. The van der Waals surface area contributed by atoms with Crippen molar-refractivity contribution in [2.75, 3.05) is 27.8 Å². The number of likely N-dealkylation sites (N-methyl/N-ethyl adjacent to an activating group) is 1. The Labute approximate surface area is 122 Å². The summed E-state index contributed by atoms with van der Waals surface area (Å²) in [5.41, 5.74) is 7.17. The Balaban J connectivity index is 3.25. The zero-order valence-corrected chi connectivity index (χ0v) is 13.6. The molecule has 1 rings (SSSR count). The number of ether oxygens (including phenoxy) is 2. The van der Waals surface area contributed by atoms with Gasteiger partial charge in [-0.3, -0.25) is 4.90 Å². The predicted octanol–water partition coefficient (Wildman–Crippen LogP) is 2.82. The van der Waals surface area contributed by atoms with Crippen LogP contribution in [0, 0.1) is 0 Å². The lowest BCUT2D eigenvalue weighted by atomic mass is 9.94. The third-order valence-corrected chi connectivity index (χ3v) is 4.30. The van der Waals surface area contributed by atoms with E-state index in [1.54, 1.807) is 14.2 Å². The van der Waals surface area contributed by atoms with Crippen LogP contribution in [0.1, 0.15) is 38.8 Å². The van der Waals surface area contributed by atoms with Crippen molar-refractivity contribution in [1.29, 1.82) is 0 Å². The smallest absolute Gasteiger partial charge is 0.165 e. The van der Waals surface area contributed by atoms with Crippen LogP contribution in [0.15, 0.2) is 18.2 Å². The van der Waals surface area contributed by atoms with Crippen molar-refractivity contribution in [1.82, 2.24) is 4.90 Å². The van der Waals surface area contributed by atoms with E-state index in [-0.39, 0.29) is 11.6 Å². The molecule has 0 bridgehead atoms. The monoisotopic (exact) mass is 280 g/mol. The van der Waals surface area contributed by atoms with E-state index in [1.807, 2.05) is 12.1 Å². The minimum Gasteiger partial charge on any atom is -0.493 e. The number of nitrogens with two attached hydrogens (primary N) is 1. The minimum absolute atomic E-state index is 0.0676. The van der Waals surface area contributed by atoms with Gasteiger partial charge in [-0.1, -0.05) is 19.1 Å². The van der Waals surface area contributed by atoms with Crippen LogP contribution >= 0.6 is 0 Å². The first-order valence-electron chi connectivity index (χ1n) is 7.06. The molecular formula is C16H28N2O2. The Hall–Kier alpha value is -1.26. The lowest BCUT2D eigenvalue weighted by Crippen LogP contribution is -2.45. The van der Waals surface area contributed by atoms with E-state index in [0.29, 0.717) is 6.54 Å². The summed E-state index contributed by atoms with van der Waals surface area (Å²) in [6.45, 7) is 7.17. The summed E-state index contributed by atoms with van der Waals surface area (Å²) in [5, 5.41) is 0. The molecule has 2 N–H and O–H groups in total. The van der Waals surface area contributed by atoms with Gasteiger partial charge in [-0.15, -0.1) is 0 Å². The maximum absolute atomic E-state index is 6.03. The van der Waals surface area contributed by atoms with Crippen molar-refractivity contribution in [2.45, 2.75) is 38.8 Å². The SMILES string of the molecule is CCC(C)(C)N(C)C(CN)c1cccc(OC)c1OC. The third-order valence-electron chi connectivity index (χ3n) is 4.30. The molecule has 114 valence electrons. The fraction of sp³-hybridized carbons (Fsp3) is 0.625. The average molecular weight is 280 g/mol. The second kappa shape index (κ2) is 6.95. The fourth-order valence-electron chi connectivity index (χ4n) is 2.34. The van der Waals surface area contributed by atoms with E-state index >= 15 is 0 Å².